The smallest absolute Gasteiger partial charge is 0.174 e. The molecule has 0 amide bonds. The Kier molecular flexibility index (Phi) is 3.60. The quantitative estimate of drug-likeness (QED) is 0.771. The molecule has 20 heavy (non-hydrogen) atoms. The van der Waals surface area contributed by atoms with E-state index < -0.39 is 0 Å². The van der Waals surface area contributed by atoms with Crippen molar-refractivity contribution in [3.63, 3.8) is 0 Å². The van der Waals surface area contributed by atoms with Crippen LogP contribution >= 0.6 is 0 Å². The van der Waals surface area contributed by atoms with Crippen molar-refractivity contribution in [1.82, 2.24) is 15.5 Å². The van der Waals surface area contributed by atoms with Crippen LogP contribution in [0.1, 0.15) is 11.5 Å². The van der Waals surface area contributed by atoms with Gasteiger partial charge in [0.15, 0.2) is 5.76 Å². The largest absolute Gasteiger partial charge is 0.484 e. The zero-order valence-electron chi connectivity index (χ0n) is 11.2. The molecule has 3 aromatic rings. The summed E-state index contributed by atoms with van der Waals surface area (Å²) in [6.45, 7) is 1.03. The Balaban J connectivity index is 1.69. The van der Waals surface area contributed by atoms with E-state index in [9.17, 15) is 0 Å². The molecule has 102 valence electrons. The minimum atomic E-state index is 0.344. The summed E-state index contributed by atoms with van der Waals surface area (Å²) in [6.07, 6.45) is 1.72. The predicted molar refractivity (Wildman–Crippen MR) is 75.3 cm³/mol. The van der Waals surface area contributed by atoms with Gasteiger partial charge in [-0.15, -0.1) is 0 Å². The molecule has 1 aromatic carbocycles. The maximum Gasteiger partial charge on any atom is 0.174 e. The molecule has 0 fully saturated rings. The molecular weight excluding hydrogens is 254 g/mol. The third-order valence-corrected chi connectivity index (χ3v) is 2.91. The lowest BCUT2D eigenvalue weighted by molar-refractivity contribution is 0.248. The summed E-state index contributed by atoms with van der Waals surface area (Å²) in [4.78, 5) is 4.35. The van der Waals surface area contributed by atoms with Crippen molar-refractivity contribution in [3.8, 4) is 5.75 Å². The first-order chi connectivity index (χ1) is 9.85. The number of para-hydroxylation sites is 1. The minimum Gasteiger partial charge on any atom is -0.484 e. The highest BCUT2D eigenvalue weighted by molar-refractivity contribution is 5.79. The van der Waals surface area contributed by atoms with Crippen molar-refractivity contribution >= 4 is 10.9 Å². The summed E-state index contributed by atoms with van der Waals surface area (Å²) in [5.74, 6) is 1.42. The van der Waals surface area contributed by atoms with Gasteiger partial charge in [0.05, 0.1) is 17.4 Å². The topological polar surface area (TPSA) is 60.2 Å². The van der Waals surface area contributed by atoms with Gasteiger partial charge >= 0.3 is 0 Å². The van der Waals surface area contributed by atoms with E-state index in [1.54, 1.807) is 6.20 Å². The number of nitrogens with one attached hydrogen (secondary N) is 1. The normalized spacial score (nSPS) is 10.8. The van der Waals surface area contributed by atoms with E-state index in [1.165, 1.54) is 0 Å². The van der Waals surface area contributed by atoms with Crippen molar-refractivity contribution in [2.45, 2.75) is 13.2 Å². The van der Waals surface area contributed by atoms with Gasteiger partial charge in [-0.1, -0.05) is 23.4 Å². The lowest BCUT2D eigenvalue weighted by atomic mass is 10.2. The molecule has 5 heteroatoms. The summed E-state index contributed by atoms with van der Waals surface area (Å²) in [7, 11) is 1.87. The fourth-order valence-electron chi connectivity index (χ4n) is 1.97. The average Bonchev–Trinajstić information content (AvgIpc) is 2.93. The third kappa shape index (κ3) is 2.78. The van der Waals surface area contributed by atoms with Crippen molar-refractivity contribution in [3.05, 3.63) is 54.0 Å². The zero-order valence-corrected chi connectivity index (χ0v) is 11.2. The first-order valence-electron chi connectivity index (χ1n) is 6.42. The molecule has 0 saturated carbocycles. The van der Waals surface area contributed by atoms with Crippen molar-refractivity contribution in [2.24, 2.45) is 0 Å². The van der Waals surface area contributed by atoms with Crippen molar-refractivity contribution < 1.29 is 9.26 Å². The number of benzene rings is 1. The van der Waals surface area contributed by atoms with Crippen molar-refractivity contribution in [2.75, 3.05) is 7.05 Å². The van der Waals surface area contributed by atoms with E-state index in [0.29, 0.717) is 18.9 Å². The first kappa shape index (κ1) is 12.6. The Morgan fingerprint density at radius 2 is 2.15 bits per heavy atom. The second-order valence-electron chi connectivity index (χ2n) is 4.47. The second kappa shape index (κ2) is 5.71. The van der Waals surface area contributed by atoms with E-state index in [2.05, 4.69) is 15.5 Å². The Bertz CT molecular complexity index is 709. The standard InChI is InChI=1S/C15H15N3O2/c1-16-8-12-7-14(20-18-12)10-19-13-6-11-4-2-3-5-15(11)17-9-13/h2-7,9,16H,8,10H2,1H3. The lowest BCUT2D eigenvalue weighted by Gasteiger charge is -2.04. The number of rotatable bonds is 5. The van der Waals surface area contributed by atoms with E-state index in [1.807, 2.05) is 43.4 Å². The SMILES string of the molecule is CNCc1cc(COc2cnc3ccccc3c2)on1. The van der Waals surface area contributed by atoms with Gasteiger partial charge in [-0.25, -0.2) is 0 Å². The number of hydrogen-bond donors (Lipinski definition) is 1. The van der Waals surface area contributed by atoms with Gasteiger partial charge in [-0.3, -0.25) is 4.98 Å². The van der Waals surface area contributed by atoms with Gasteiger partial charge in [0.2, 0.25) is 0 Å². The third-order valence-electron chi connectivity index (χ3n) is 2.91. The van der Waals surface area contributed by atoms with Gasteiger partial charge in [0.1, 0.15) is 12.4 Å². The molecule has 3 rings (SSSR count). The van der Waals surface area contributed by atoms with Gasteiger partial charge in [0, 0.05) is 18.0 Å². The molecule has 0 unspecified atom stereocenters. The van der Waals surface area contributed by atoms with Crippen LogP contribution < -0.4 is 10.1 Å². The van der Waals surface area contributed by atoms with Crippen LogP contribution in [0.15, 0.2) is 47.1 Å². The van der Waals surface area contributed by atoms with Crippen LogP contribution in [0.4, 0.5) is 0 Å². The van der Waals surface area contributed by atoms with Crippen LogP contribution in [0.2, 0.25) is 0 Å². The van der Waals surface area contributed by atoms with Gasteiger partial charge in [-0.05, 0) is 19.2 Å². The molecule has 2 heterocycles. The zero-order chi connectivity index (χ0) is 13.8. The van der Waals surface area contributed by atoms with E-state index in [-0.39, 0.29) is 0 Å². The monoisotopic (exact) mass is 269 g/mol. The molecule has 0 aliphatic carbocycles. The molecule has 0 atom stereocenters. The molecule has 2 aromatic heterocycles. The Hall–Kier alpha value is -2.40. The summed E-state index contributed by atoms with van der Waals surface area (Å²) in [5.41, 5.74) is 1.82. The fraction of sp³-hybridized carbons (Fsp3) is 0.200. The maximum atomic E-state index is 5.67. The number of fused-ring (bicyclic) bond motifs is 1. The first-order valence-corrected chi connectivity index (χ1v) is 6.42. The molecule has 0 bridgehead atoms. The molecule has 0 aliphatic rings. The highest BCUT2D eigenvalue weighted by Gasteiger charge is 2.05. The molecule has 0 spiro atoms. The van der Waals surface area contributed by atoms with E-state index in [0.717, 1.165) is 22.3 Å². The molecule has 0 radical (unpaired) electrons. The van der Waals surface area contributed by atoms with Crippen molar-refractivity contribution in [1.29, 1.82) is 0 Å². The van der Waals surface area contributed by atoms with Crippen LogP contribution in [0.25, 0.3) is 10.9 Å². The van der Waals surface area contributed by atoms with Crippen LogP contribution in [0.5, 0.6) is 5.75 Å². The molecule has 1 N–H and O–H groups in total. The second-order valence-corrected chi connectivity index (χ2v) is 4.47. The number of nitrogens with zero attached hydrogens (tertiary/aromatic N) is 2. The number of aromatic nitrogens is 2. The minimum absolute atomic E-state index is 0.344. The summed E-state index contributed by atoms with van der Waals surface area (Å²) >= 11 is 0. The highest BCUT2D eigenvalue weighted by Crippen LogP contribution is 2.19. The number of hydrogen-bond acceptors (Lipinski definition) is 5. The fourth-order valence-corrected chi connectivity index (χ4v) is 1.97. The number of ether oxygens (including phenoxy) is 1. The Morgan fingerprint density at radius 3 is 3.05 bits per heavy atom. The predicted octanol–water partition coefficient (Wildman–Crippen LogP) is 2.52. The number of pyridine rings is 1. The summed E-state index contributed by atoms with van der Waals surface area (Å²) in [6, 6.07) is 11.8. The Morgan fingerprint density at radius 1 is 1.25 bits per heavy atom. The Labute approximate surface area is 116 Å². The molecule has 0 aliphatic heterocycles. The van der Waals surface area contributed by atoms with Crippen LogP contribution in [-0.4, -0.2) is 17.2 Å². The van der Waals surface area contributed by atoms with Gasteiger partial charge < -0.3 is 14.6 Å². The summed E-state index contributed by atoms with van der Waals surface area (Å²) < 4.78 is 10.9. The van der Waals surface area contributed by atoms with Gasteiger partial charge in [-0.2, -0.15) is 0 Å². The molecule has 0 saturated heterocycles. The van der Waals surface area contributed by atoms with Gasteiger partial charge in [0.25, 0.3) is 0 Å². The lowest BCUT2D eigenvalue weighted by Crippen LogP contribution is -2.04. The molecule has 5 nitrogen and oxygen atoms in total. The van der Waals surface area contributed by atoms with Crippen LogP contribution in [0, 0.1) is 0 Å². The maximum absolute atomic E-state index is 5.67. The average molecular weight is 269 g/mol. The van der Waals surface area contributed by atoms with E-state index in [4.69, 9.17) is 9.26 Å². The van der Waals surface area contributed by atoms with Crippen LogP contribution in [0.3, 0.4) is 0 Å². The van der Waals surface area contributed by atoms with Crippen LogP contribution in [-0.2, 0) is 13.2 Å². The van der Waals surface area contributed by atoms with E-state index >= 15 is 0 Å². The molecular formula is C15H15N3O2. The highest BCUT2D eigenvalue weighted by atomic mass is 16.5. The summed E-state index contributed by atoms with van der Waals surface area (Å²) in [5, 5.41) is 8.01.